The number of rotatable bonds is 5. The summed E-state index contributed by atoms with van der Waals surface area (Å²) in [4.78, 5) is 28.0. The van der Waals surface area contributed by atoms with Gasteiger partial charge in [-0.05, 0) is 54.4 Å². The molecule has 6 heteroatoms. The Hall–Kier alpha value is -4.58. The molecule has 1 saturated carbocycles. The van der Waals surface area contributed by atoms with Crippen molar-refractivity contribution >= 4 is 11.8 Å². The molecule has 0 unspecified atom stereocenters. The fourth-order valence-corrected chi connectivity index (χ4v) is 7.94. The molecule has 44 heavy (non-hydrogen) atoms. The summed E-state index contributed by atoms with van der Waals surface area (Å²) in [5.74, 6) is 1.94. The van der Waals surface area contributed by atoms with E-state index in [-0.39, 0.29) is 28.7 Å². The fraction of sp³-hybridized carbons (Fsp3) is 0.316. The van der Waals surface area contributed by atoms with Gasteiger partial charge in [0.25, 0.3) is 0 Å². The predicted molar refractivity (Wildman–Crippen MR) is 170 cm³/mol. The molecule has 3 aliphatic rings. The molecule has 2 N–H and O–H groups in total. The zero-order valence-electron chi connectivity index (χ0n) is 25.4. The molecule has 0 bridgehead atoms. The van der Waals surface area contributed by atoms with Crippen LogP contribution in [-0.2, 0) is 9.59 Å². The number of ether oxygens (including phenoxy) is 2. The minimum atomic E-state index is -0.444. The number of nitrogens with one attached hydrogen (secondary N) is 2. The normalized spacial score (nSPS) is 21.8. The molecule has 4 aromatic carbocycles. The SMILES string of the molecule is CC1(C)C[C@@H](NC(=O)C2c3ccccc3Oc3ccccc32)C[C@](C)(CNC(=O)C2c3ccccc3Oc3ccccc32)C1. The average molecular weight is 587 g/mol. The van der Waals surface area contributed by atoms with Crippen LogP contribution in [0.25, 0.3) is 0 Å². The molecular formula is C38H38N2O4. The summed E-state index contributed by atoms with van der Waals surface area (Å²) in [6, 6.07) is 31.1. The number of hydrogen-bond donors (Lipinski definition) is 2. The van der Waals surface area contributed by atoms with Crippen molar-refractivity contribution in [2.24, 2.45) is 10.8 Å². The minimum Gasteiger partial charge on any atom is -0.457 e. The Morgan fingerprint density at radius 3 is 1.50 bits per heavy atom. The summed E-state index contributed by atoms with van der Waals surface area (Å²) >= 11 is 0. The Bertz CT molecular complexity index is 1660. The van der Waals surface area contributed by atoms with Crippen molar-refractivity contribution < 1.29 is 19.1 Å². The smallest absolute Gasteiger partial charge is 0.232 e. The van der Waals surface area contributed by atoms with E-state index in [1.54, 1.807) is 0 Å². The van der Waals surface area contributed by atoms with Gasteiger partial charge in [-0.25, -0.2) is 0 Å². The highest BCUT2D eigenvalue weighted by Crippen LogP contribution is 2.48. The molecule has 2 heterocycles. The minimum absolute atomic E-state index is 0.0148. The highest BCUT2D eigenvalue weighted by molar-refractivity contribution is 5.90. The maximum atomic E-state index is 14.1. The molecule has 7 rings (SSSR count). The number of amides is 2. The topological polar surface area (TPSA) is 76.7 Å². The first-order valence-electron chi connectivity index (χ1n) is 15.5. The van der Waals surface area contributed by atoms with Crippen molar-refractivity contribution in [1.29, 1.82) is 0 Å². The van der Waals surface area contributed by atoms with Crippen LogP contribution in [0.2, 0.25) is 0 Å². The molecule has 1 aliphatic carbocycles. The largest absolute Gasteiger partial charge is 0.457 e. The van der Waals surface area contributed by atoms with Gasteiger partial charge in [0.2, 0.25) is 11.8 Å². The standard InChI is InChI=1S/C38H38N2O4/c1-37(2)20-24(40-36(42)34-27-14-6-10-18-31(27)44-32-19-11-7-15-28(32)34)21-38(3,22-37)23-39-35(41)33-25-12-4-8-16-29(25)43-30-17-9-5-13-26(30)33/h4-19,24,33-34H,20-23H2,1-3H3,(H,39,41)(H,40,42)/t24-,38+/m1/s1. The highest BCUT2D eigenvalue weighted by Gasteiger charge is 2.44. The Morgan fingerprint density at radius 2 is 1.05 bits per heavy atom. The van der Waals surface area contributed by atoms with E-state index < -0.39 is 11.8 Å². The van der Waals surface area contributed by atoms with E-state index in [4.69, 9.17) is 9.47 Å². The van der Waals surface area contributed by atoms with Gasteiger partial charge in [0.15, 0.2) is 0 Å². The van der Waals surface area contributed by atoms with E-state index in [2.05, 4.69) is 31.4 Å². The van der Waals surface area contributed by atoms with Gasteiger partial charge in [-0.2, -0.15) is 0 Å². The van der Waals surface area contributed by atoms with Gasteiger partial charge < -0.3 is 20.1 Å². The molecule has 0 saturated heterocycles. The van der Waals surface area contributed by atoms with Crippen LogP contribution in [-0.4, -0.2) is 24.4 Å². The molecule has 1 fully saturated rings. The van der Waals surface area contributed by atoms with Gasteiger partial charge in [-0.3, -0.25) is 9.59 Å². The zero-order valence-corrected chi connectivity index (χ0v) is 25.4. The maximum Gasteiger partial charge on any atom is 0.232 e. The molecule has 0 aromatic heterocycles. The second-order valence-electron chi connectivity index (χ2n) is 13.7. The number of carbonyl (C=O) groups excluding carboxylic acids is 2. The molecule has 0 spiro atoms. The lowest BCUT2D eigenvalue weighted by atomic mass is 9.62. The van der Waals surface area contributed by atoms with Crippen LogP contribution in [0.1, 0.15) is 74.1 Å². The third-order valence-electron chi connectivity index (χ3n) is 9.36. The van der Waals surface area contributed by atoms with Gasteiger partial charge in [0.1, 0.15) is 23.0 Å². The van der Waals surface area contributed by atoms with E-state index in [0.717, 1.165) is 64.5 Å². The Balaban J connectivity index is 1.10. The van der Waals surface area contributed by atoms with Crippen molar-refractivity contribution in [2.75, 3.05) is 6.54 Å². The van der Waals surface area contributed by atoms with Gasteiger partial charge in [-0.15, -0.1) is 0 Å². The zero-order chi connectivity index (χ0) is 30.5. The summed E-state index contributed by atoms with van der Waals surface area (Å²) in [7, 11) is 0. The lowest BCUT2D eigenvalue weighted by molar-refractivity contribution is -0.125. The van der Waals surface area contributed by atoms with Crippen molar-refractivity contribution in [3.8, 4) is 23.0 Å². The van der Waals surface area contributed by atoms with Gasteiger partial charge in [-0.1, -0.05) is 93.6 Å². The van der Waals surface area contributed by atoms with Crippen LogP contribution in [0.3, 0.4) is 0 Å². The quantitative estimate of drug-likeness (QED) is 0.252. The maximum absolute atomic E-state index is 14.1. The van der Waals surface area contributed by atoms with Gasteiger partial charge in [0, 0.05) is 34.8 Å². The third kappa shape index (κ3) is 5.23. The van der Waals surface area contributed by atoms with E-state index in [1.165, 1.54) is 0 Å². The summed E-state index contributed by atoms with van der Waals surface area (Å²) < 4.78 is 12.3. The van der Waals surface area contributed by atoms with Crippen LogP contribution in [0.5, 0.6) is 23.0 Å². The highest BCUT2D eigenvalue weighted by atomic mass is 16.5. The molecule has 0 radical (unpaired) electrons. The Labute approximate surface area is 258 Å². The second kappa shape index (κ2) is 10.8. The number of fused-ring (bicyclic) bond motifs is 4. The molecule has 2 aliphatic heterocycles. The van der Waals surface area contributed by atoms with Crippen LogP contribution in [0, 0.1) is 10.8 Å². The molecule has 6 nitrogen and oxygen atoms in total. The second-order valence-corrected chi connectivity index (χ2v) is 13.7. The Morgan fingerprint density at radius 1 is 0.636 bits per heavy atom. The molecule has 224 valence electrons. The van der Waals surface area contributed by atoms with Crippen LogP contribution < -0.4 is 20.1 Å². The summed E-state index contributed by atoms with van der Waals surface area (Å²) in [5.41, 5.74) is 3.29. The summed E-state index contributed by atoms with van der Waals surface area (Å²) in [6.07, 6.45) is 2.59. The monoisotopic (exact) mass is 586 g/mol. The van der Waals surface area contributed by atoms with Gasteiger partial charge in [0.05, 0.1) is 11.8 Å². The number of hydrogen-bond acceptors (Lipinski definition) is 4. The molecule has 2 atom stereocenters. The molecule has 4 aromatic rings. The predicted octanol–water partition coefficient (Wildman–Crippen LogP) is 7.68. The number of para-hydroxylation sites is 4. The third-order valence-corrected chi connectivity index (χ3v) is 9.36. The van der Waals surface area contributed by atoms with Crippen LogP contribution in [0.15, 0.2) is 97.1 Å². The van der Waals surface area contributed by atoms with Crippen LogP contribution in [0.4, 0.5) is 0 Å². The number of benzene rings is 4. The van der Waals surface area contributed by atoms with E-state index in [1.807, 2.05) is 97.1 Å². The lowest BCUT2D eigenvalue weighted by Gasteiger charge is -2.47. The average Bonchev–Trinajstić information content (AvgIpc) is 3.00. The van der Waals surface area contributed by atoms with Crippen molar-refractivity contribution in [3.05, 3.63) is 119 Å². The van der Waals surface area contributed by atoms with Crippen molar-refractivity contribution in [3.63, 3.8) is 0 Å². The molecule has 2 amide bonds. The summed E-state index contributed by atoms with van der Waals surface area (Å²) in [5, 5.41) is 6.76. The summed E-state index contributed by atoms with van der Waals surface area (Å²) in [6.45, 7) is 7.27. The lowest BCUT2D eigenvalue weighted by Crippen LogP contribution is -2.51. The van der Waals surface area contributed by atoms with Gasteiger partial charge >= 0.3 is 0 Å². The first kappa shape index (κ1) is 28.2. The van der Waals surface area contributed by atoms with Crippen molar-refractivity contribution in [2.45, 2.75) is 57.9 Å². The van der Waals surface area contributed by atoms with Crippen molar-refractivity contribution in [1.82, 2.24) is 10.6 Å². The number of carbonyl (C=O) groups is 2. The molecular weight excluding hydrogens is 548 g/mol. The first-order valence-corrected chi connectivity index (χ1v) is 15.5. The van der Waals surface area contributed by atoms with E-state index >= 15 is 0 Å². The fourth-order valence-electron chi connectivity index (χ4n) is 7.94. The van der Waals surface area contributed by atoms with E-state index in [9.17, 15) is 9.59 Å². The van der Waals surface area contributed by atoms with Crippen LogP contribution >= 0.6 is 0 Å². The van der Waals surface area contributed by atoms with E-state index in [0.29, 0.717) is 6.54 Å². The first-order chi connectivity index (χ1) is 21.2. The Kier molecular flexibility index (Phi) is 6.95.